The van der Waals surface area contributed by atoms with Crippen molar-refractivity contribution in [2.45, 2.75) is 59.2 Å². The largest absolute Gasteiger partial charge is 0.451 e. The predicted molar refractivity (Wildman–Crippen MR) is 159 cm³/mol. The highest BCUT2D eigenvalue weighted by Gasteiger charge is 2.02. The van der Waals surface area contributed by atoms with Gasteiger partial charge >= 0.3 is 7.12 Å². The minimum absolute atomic E-state index is 0.486. The van der Waals surface area contributed by atoms with E-state index in [4.69, 9.17) is 10.0 Å². The zero-order valence-electron chi connectivity index (χ0n) is 24.3. The van der Waals surface area contributed by atoms with Gasteiger partial charge in [-0.05, 0) is 35.1 Å². The number of aryl methyl sites for hydroxylation is 6. The molecule has 4 heterocycles. The summed E-state index contributed by atoms with van der Waals surface area (Å²) in [6.45, 7) is 6.16. The third-order valence-electron chi connectivity index (χ3n) is 4.70. The first-order chi connectivity index (χ1) is 18.6. The summed E-state index contributed by atoms with van der Waals surface area (Å²) in [4.78, 5) is 26.3. The van der Waals surface area contributed by atoms with Gasteiger partial charge in [0.15, 0.2) is 12.1 Å². The summed E-state index contributed by atoms with van der Waals surface area (Å²) in [6, 6.07) is 0. The molecule has 39 heavy (non-hydrogen) atoms. The molecule has 0 aliphatic rings. The minimum Gasteiger partial charge on any atom is -0.427 e. The van der Waals surface area contributed by atoms with Crippen LogP contribution in [0.2, 0.25) is 6.32 Å². The van der Waals surface area contributed by atoms with E-state index in [1.807, 2.05) is 73.7 Å². The van der Waals surface area contributed by atoms with Crippen molar-refractivity contribution in [1.82, 2.24) is 38.2 Å². The Bertz CT molecular complexity index is 1110. The lowest BCUT2D eigenvalue weighted by molar-refractivity contribution is 0.111. The molecule has 13 heteroatoms. The normalized spacial score (nSPS) is 9.49. The number of nitrogens with zero attached hydrogens (tertiary/aromatic N) is 8. The molecule has 0 unspecified atom stereocenters. The van der Waals surface area contributed by atoms with Gasteiger partial charge in [0.25, 0.3) is 0 Å². The summed E-state index contributed by atoms with van der Waals surface area (Å²) in [6.07, 6.45) is 21.2. The molecule has 4 aromatic heterocycles. The highest BCUT2D eigenvalue weighted by atomic mass is 79.9. The minimum atomic E-state index is -1.10. The first-order valence-electron chi connectivity index (χ1n) is 12.9. The molecule has 0 saturated heterocycles. The van der Waals surface area contributed by atoms with Crippen LogP contribution in [0.5, 0.6) is 0 Å². The molecule has 0 aliphatic carbocycles. The topological polar surface area (TPSA) is 129 Å². The highest BCUT2D eigenvalue weighted by Crippen LogP contribution is 2.02. The summed E-state index contributed by atoms with van der Waals surface area (Å²) in [5.74, 6) is 0.508. The lowest BCUT2D eigenvalue weighted by atomic mass is 9.85. The Kier molecular flexibility index (Phi) is 20.2. The molecule has 0 atom stereocenters. The van der Waals surface area contributed by atoms with Gasteiger partial charge in [-0.2, -0.15) is 0 Å². The maximum atomic E-state index is 10.4. The van der Waals surface area contributed by atoms with Gasteiger partial charge in [0.1, 0.15) is 4.60 Å². The Morgan fingerprint density at radius 1 is 0.846 bits per heavy atom. The second-order valence-corrected chi connectivity index (χ2v) is 9.52. The van der Waals surface area contributed by atoms with Gasteiger partial charge in [-0.25, -0.2) is 19.9 Å². The Morgan fingerprint density at radius 3 is 1.74 bits per heavy atom. The standard InChI is InChI=1S/C8H12N2O.C7H12N2.C4H5BrN2.C4H6N2.C3H9BO2/c1-3-4-7-5-10(2)8(6-11)9-7;1-3-4-7-5-9(2)6-8-7;1-7-2-4(5)6-3-7;1-6-3-2-5-4-6;1-2-3-4(5)6/h5-6H,3-4H2,1-2H3;5-6H,3-4H2,1-2H3;2-3H,1H3;2-4H,1H3;5-6H,2-3H2,1H3. The number of rotatable bonds is 7. The van der Waals surface area contributed by atoms with Gasteiger partial charge in [-0.3, -0.25) is 4.79 Å². The van der Waals surface area contributed by atoms with Crippen LogP contribution in [-0.2, 0) is 41.0 Å². The van der Waals surface area contributed by atoms with Crippen molar-refractivity contribution < 1.29 is 14.8 Å². The van der Waals surface area contributed by atoms with Crippen molar-refractivity contribution in [3.63, 3.8) is 0 Å². The molecule has 0 bridgehead atoms. The van der Waals surface area contributed by atoms with Crippen LogP contribution in [0.25, 0.3) is 0 Å². The fourth-order valence-corrected chi connectivity index (χ4v) is 3.26. The van der Waals surface area contributed by atoms with E-state index < -0.39 is 7.12 Å². The molecule has 0 aliphatic heterocycles. The number of aldehydes is 1. The second kappa shape index (κ2) is 21.9. The van der Waals surface area contributed by atoms with E-state index in [-0.39, 0.29) is 0 Å². The van der Waals surface area contributed by atoms with Gasteiger partial charge < -0.3 is 28.3 Å². The maximum absolute atomic E-state index is 10.4. The van der Waals surface area contributed by atoms with Crippen molar-refractivity contribution in [2.24, 2.45) is 28.2 Å². The van der Waals surface area contributed by atoms with Crippen LogP contribution in [-0.4, -0.2) is 61.7 Å². The maximum Gasteiger partial charge on any atom is 0.451 e. The second-order valence-electron chi connectivity index (χ2n) is 8.71. The highest BCUT2D eigenvalue weighted by molar-refractivity contribution is 9.10. The molecule has 0 aromatic carbocycles. The van der Waals surface area contributed by atoms with Crippen LogP contribution in [0.4, 0.5) is 0 Å². The molecule has 11 nitrogen and oxygen atoms in total. The molecule has 216 valence electrons. The third kappa shape index (κ3) is 18.8. The first-order valence-corrected chi connectivity index (χ1v) is 13.7. The Labute approximate surface area is 241 Å². The fraction of sp³-hybridized carbons (Fsp3) is 0.500. The molecule has 4 aromatic rings. The number of carbonyl (C=O) groups is 1. The Hall–Kier alpha value is -3.03. The molecule has 4 rings (SSSR count). The predicted octanol–water partition coefficient (Wildman–Crippen LogP) is 4.03. The van der Waals surface area contributed by atoms with Crippen molar-refractivity contribution in [3.05, 3.63) is 71.8 Å². The van der Waals surface area contributed by atoms with Crippen molar-refractivity contribution >= 4 is 29.3 Å². The fourth-order valence-electron chi connectivity index (χ4n) is 2.85. The van der Waals surface area contributed by atoms with Gasteiger partial charge in [0.05, 0.1) is 30.4 Å². The first kappa shape index (κ1) is 36.0. The summed E-state index contributed by atoms with van der Waals surface area (Å²) < 4.78 is 8.38. The average Bonchev–Trinajstić information content (AvgIpc) is 3.67. The number of imidazole rings is 4. The lowest BCUT2D eigenvalue weighted by Gasteiger charge is -1.87. The number of hydrogen-bond acceptors (Lipinski definition) is 7. The Morgan fingerprint density at radius 2 is 1.46 bits per heavy atom. The van der Waals surface area contributed by atoms with Gasteiger partial charge in [-0.1, -0.05) is 40.0 Å². The van der Waals surface area contributed by atoms with Crippen molar-refractivity contribution in [3.8, 4) is 0 Å². The van der Waals surface area contributed by atoms with E-state index in [1.54, 1.807) is 23.4 Å². The summed E-state index contributed by atoms with van der Waals surface area (Å²) >= 11 is 3.20. The third-order valence-corrected chi connectivity index (χ3v) is 5.10. The van der Waals surface area contributed by atoms with Gasteiger partial charge in [0.2, 0.25) is 0 Å². The van der Waals surface area contributed by atoms with Crippen LogP contribution in [0, 0.1) is 0 Å². The van der Waals surface area contributed by atoms with Gasteiger partial charge in [0, 0.05) is 59.2 Å². The molecule has 0 saturated carbocycles. The molecule has 0 fully saturated rings. The van der Waals surface area contributed by atoms with E-state index in [1.165, 1.54) is 12.1 Å². The number of halogens is 1. The molecule has 0 spiro atoms. The van der Waals surface area contributed by atoms with Crippen molar-refractivity contribution in [1.29, 1.82) is 0 Å². The van der Waals surface area contributed by atoms with Crippen LogP contribution in [0.3, 0.4) is 0 Å². The average molecular weight is 607 g/mol. The summed E-state index contributed by atoms with van der Waals surface area (Å²) in [7, 11) is 6.59. The van der Waals surface area contributed by atoms with Crippen molar-refractivity contribution in [2.75, 3.05) is 0 Å². The number of hydrogen-bond donors (Lipinski definition) is 2. The molecular formula is C26H44BBrN8O3. The van der Waals surface area contributed by atoms with Crippen LogP contribution >= 0.6 is 15.9 Å². The van der Waals surface area contributed by atoms with E-state index in [0.717, 1.165) is 42.3 Å². The number of aromatic nitrogens is 8. The van der Waals surface area contributed by atoms with Crippen LogP contribution < -0.4 is 0 Å². The van der Waals surface area contributed by atoms with Gasteiger partial charge in [-0.15, -0.1) is 0 Å². The molecule has 2 N–H and O–H groups in total. The zero-order valence-corrected chi connectivity index (χ0v) is 25.9. The SMILES string of the molecule is CCCB(O)O.CCCc1cn(C)c(C=O)n1.CCCc1cn(C)cn1.Cn1ccnc1.Cn1cnc(Br)c1. The quantitative estimate of drug-likeness (QED) is 0.240. The zero-order chi connectivity index (χ0) is 29.6. The Balaban J connectivity index is 0.000000473. The smallest absolute Gasteiger partial charge is 0.427 e. The monoisotopic (exact) mass is 606 g/mol. The van der Waals surface area contributed by atoms with Crippen LogP contribution in [0.1, 0.15) is 62.0 Å². The molecule has 0 amide bonds. The van der Waals surface area contributed by atoms with E-state index >= 15 is 0 Å². The van der Waals surface area contributed by atoms with Crippen LogP contribution in [0.15, 0.2) is 54.6 Å². The summed E-state index contributed by atoms with van der Waals surface area (Å²) in [5.41, 5.74) is 2.19. The number of carbonyl (C=O) groups excluding carboxylic acids is 1. The molecule has 0 radical (unpaired) electrons. The van der Waals surface area contributed by atoms with E-state index in [2.05, 4.69) is 55.9 Å². The molecular weight excluding hydrogens is 563 g/mol. The van der Waals surface area contributed by atoms with E-state index in [0.29, 0.717) is 12.1 Å². The lowest BCUT2D eigenvalue weighted by Crippen LogP contribution is -2.08. The summed E-state index contributed by atoms with van der Waals surface area (Å²) in [5, 5.41) is 16.2. The van der Waals surface area contributed by atoms with E-state index in [9.17, 15) is 4.79 Å².